The number of aliphatic carboxylic acids is 1. The Labute approximate surface area is 128 Å². The maximum absolute atomic E-state index is 12.4. The summed E-state index contributed by atoms with van der Waals surface area (Å²) in [4.78, 5) is 26.4. The lowest BCUT2D eigenvalue weighted by atomic mass is 10.1. The van der Waals surface area contributed by atoms with E-state index in [0.29, 0.717) is 0 Å². The van der Waals surface area contributed by atoms with Crippen LogP contribution in [0.2, 0.25) is 0 Å². The van der Waals surface area contributed by atoms with Crippen LogP contribution >= 0.6 is 11.3 Å². The van der Waals surface area contributed by atoms with Crippen molar-refractivity contribution in [1.29, 1.82) is 0 Å². The summed E-state index contributed by atoms with van der Waals surface area (Å²) in [5.74, 6) is -2.72. The van der Waals surface area contributed by atoms with Crippen LogP contribution in [0.3, 0.4) is 0 Å². The van der Waals surface area contributed by atoms with Crippen LogP contribution in [0.5, 0.6) is 0 Å². The van der Waals surface area contributed by atoms with Gasteiger partial charge in [-0.3, -0.25) is 9.59 Å². The second-order valence-electron chi connectivity index (χ2n) is 5.78. The zero-order valence-electron chi connectivity index (χ0n) is 11.9. The maximum atomic E-state index is 12.4. The zero-order valence-corrected chi connectivity index (χ0v) is 12.7. The molecule has 2 rings (SSSR count). The van der Waals surface area contributed by atoms with Crippen molar-refractivity contribution in [2.75, 3.05) is 6.54 Å². The molecule has 0 spiro atoms. The molecule has 1 aliphatic rings. The molecule has 1 saturated carbocycles. The van der Waals surface area contributed by atoms with Crippen molar-refractivity contribution in [1.82, 2.24) is 10.3 Å². The second-order valence-corrected chi connectivity index (χ2v) is 6.72. The van der Waals surface area contributed by atoms with Gasteiger partial charge >= 0.3 is 12.1 Å². The molecule has 1 aromatic rings. The van der Waals surface area contributed by atoms with Crippen LogP contribution in [-0.4, -0.2) is 28.5 Å². The standard InChI is InChI=1S/C13H15F3N2O3S/c1-12(2)8(9(12)11(20)21)10(19)17-4-3-7-18-6(5-22-7)13(14,15)16/h5,8-9H,3-4H2,1-2H3,(H,17,19)(H,20,21)/t8-,9+/m1/s1. The van der Waals surface area contributed by atoms with Gasteiger partial charge in [0.1, 0.15) is 0 Å². The lowest BCUT2D eigenvalue weighted by molar-refractivity contribution is -0.141. The third-order valence-corrected chi connectivity index (χ3v) is 4.76. The van der Waals surface area contributed by atoms with Crippen LogP contribution in [0.4, 0.5) is 13.2 Å². The molecule has 0 radical (unpaired) electrons. The molecule has 122 valence electrons. The Morgan fingerprint density at radius 1 is 1.41 bits per heavy atom. The number of carbonyl (C=O) groups is 2. The molecule has 1 aromatic heterocycles. The summed E-state index contributed by atoms with van der Waals surface area (Å²) >= 11 is 0.881. The minimum atomic E-state index is -4.47. The largest absolute Gasteiger partial charge is 0.481 e. The maximum Gasteiger partial charge on any atom is 0.434 e. The lowest BCUT2D eigenvalue weighted by Crippen LogP contribution is -2.29. The molecule has 9 heteroatoms. The van der Waals surface area contributed by atoms with Crippen LogP contribution in [0.1, 0.15) is 24.5 Å². The van der Waals surface area contributed by atoms with Crippen molar-refractivity contribution in [2.45, 2.75) is 26.4 Å². The third kappa shape index (κ3) is 3.23. The van der Waals surface area contributed by atoms with E-state index in [2.05, 4.69) is 10.3 Å². The SMILES string of the molecule is CC1(C)[C@H](C(=O)O)[C@@H]1C(=O)NCCc1nc(C(F)(F)F)cs1. The Bertz CT molecular complexity index is 598. The number of rotatable bonds is 5. The highest BCUT2D eigenvalue weighted by molar-refractivity contribution is 7.09. The van der Waals surface area contributed by atoms with E-state index in [1.165, 1.54) is 0 Å². The molecular weight excluding hydrogens is 321 g/mol. The molecule has 5 nitrogen and oxygen atoms in total. The molecule has 1 fully saturated rings. The first kappa shape index (κ1) is 16.7. The number of carbonyl (C=O) groups excluding carboxylic acids is 1. The molecule has 0 aromatic carbocycles. The first-order valence-electron chi connectivity index (χ1n) is 6.57. The second kappa shape index (κ2) is 5.53. The fraction of sp³-hybridized carbons (Fsp3) is 0.615. The molecule has 1 aliphatic carbocycles. The third-order valence-electron chi connectivity index (χ3n) is 3.86. The number of nitrogens with one attached hydrogen (secondary N) is 1. The van der Waals surface area contributed by atoms with Gasteiger partial charge in [0.05, 0.1) is 16.8 Å². The van der Waals surface area contributed by atoms with Crippen LogP contribution in [0.15, 0.2) is 5.38 Å². The van der Waals surface area contributed by atoms with E-state index in [0.717, 1.165) is 16.7 Å². The minimum absolute atomic E-state index is 0.128. The van der Waals surface area contributed by atoms with Gasteiger partial charge in [0, 0.05) is 18.3 Å². The Hall–Kier alpha value is -1.64. The van der Waals surface area contributed by atoms with Gasteiger partial charge in [-0.2, -0.15) is 13.2 Å². The molecule has 2 N–H and O–H groups in total. The number of amides is 1. The van der Waals surface area contributed by atoms with Crippen molar-refractivity contribution in [2.24, 2.45) is 17.3 Å². The average Bonchev–Trinajstić information content (AvgIpc) is 2.73. The van der Waals surface area contributed by atoms with Crippen LogP contribution in [-0.2, 0) is 22.2 Å². The van der Waals surface area contributed by atoms with Gasteiger partial charge in [0.15, 0.2) is 5.69 Å². The molecule has 0 aliphatic heterocycles. The zero-order chi connectivity index (χ0) is 16.7. The number of carboxylic acid groups (broad SMARTS) is 1. The fourth-order valence-electron chi connectivity index (χ4n) is 2.55. The van der Waals surface area contributed by atoms with E-state index < -0.39 is 35.1 Å². The van der Waals surface area contributed by atoms with E-state index in [1.807, 2.05) is 0 Å². The lowest BCUT2D eigenvalue weighted by Gasteiger charge is -2.05. The highest BCUT2D eigenvalue weighted by Crippen LogP contribution is 2.58. The molecule has 22 heavy (non-hydrogen) atoms. The number of halogens is 3. The monoisotopic (exact) mass is 336 g/mol. The van der Waals surface area contributed by atoms with Gasteiger partial charge < -0.3 is 10.4 Å². The number of nitrogens with zero attached hydrogens (tertiary/aromatic N) is 1. The molecule has 0 unspecified atom stereocenters. The summed E-state index contributed by atoms with van der Waals surface area (Å²) < 4.78 is 37.2. The number of aromatic nitrogens is 1. The topological polar surface area (TPSA) is 79.3 Å². The predicted octanol–water partition coefficient (Wildman–Crippen LogP) is 2.18. The molecular formula is C13H15F3N2O3S. The number of carboxylic acids is 1. The molecule has 1 amide bonds. The van der Waals surface area contributed by atoms with E-state index in [4.69, 9.17) is 5.11 Å². The van der Waals surface area contributed by atoms with Crippen molar-refractivity contribution < 1.29 is 27.9 Å². The predicted molar refractivity (Wildman–Crippen MR) is 72.2 cm³/mol. The van der Waals surface area contributed by atoms with Crippen molar-refractivity contribution in [3.05, 3.63) is 16.1 Å². The van der Waals surface area contributed by atoms with Crippen molar-refractivity contribution in [3.8, 4) is 0 Å². The summed E-state index contributed by atoms with van der Waals surface area (Å²) in [6, 6.07) is 0. The summed E-state index contributed by atoms with van der Waals surface area (Å²) in [6.45, 7) is 3.53. The first-order chi connectivity index (χ1) is 10.0. The number of thiazole rings is 1. The van der Waals surface area contributed by atoms with Gasteiger partial charge in [-0.05, 0) is 5.41 Å². The molecule has 0 saturated heterocycles. The number of alkyl halides is 3. The Morgan fingerprint density at radius 2 is 2.05 bits per heavy atom. The van der Waals surface area contributed by atoms with Crippen molar-refractivity contribution >= 4 is 23.2 Å². The van der Waals surface area contributed by atoms with Crippen LogP contribution < -0.4 is 5.32 Å². The average molecular weight is 336 g/mol. The van der Waals surface area contributed by atoms with Gasteiger partial charge in [-0.1, -0.05) is 13.8 Å². The first-order valence-corrected chi connectivity index (χ1v) is 7.45. The van der Waals surface area contributed by atoms with Crippen LogP contribution in [0.25, 0.3) is 0 Å². The van der Waals surface area contributed by atoms with Gasteiger partial charge in [0.25, 0.3) is 0 Å². The minimum Gasteiger partial charge on any atom is -0.481 e. The van der Waals surface area contributed by atoms with E-state index in [1.54, 1.807) is 13.8 Å². The molecule has 1 heterocycles. The quantitative estimate of drug-likeness (QED) is 0.864. The Kier molecular flexibility index (Phi) is 4.20. The highest BCUT2D eigenvalue weighted by atomic mass is 32.1. The summed E-state index contributed by atoms with van der Waals surface area (Å²) in [5.41, 5.74) is -1.53. The van der Waals surface area contributed by atoms with Crippen molar-refractivity contribution in [3.63, 3.8) is 0 Å². The van der Waals surface area contributed by atoms with Crippen LogP contribution in [0, 0.1) is 17.3 Å². The summed E-state index contributed by atoms with van der Waals surface area (Å²) in [5, 5.41) is 12.8. The molecule has 0 bridgehead atoms. The van der Waals surface area contributed by atoms with Gasteiger partial charge in [0.2, 0.25) is 5.91 Å². The number of hydrogen-bond acceptors (Lipinski definition) is 4. The van der Waals surface area contributed by atoms with E-state index in [-0.39, 0.29) is 23.9 Å². The van der Waals surface area contributed by atoms with Gasteiger partial charge in [-0.15, -0.1) is 11.3 Å². The normalized spacial score (nSPS) is 23.1. The van der Waals surface area contributed by atoms with E-state index >= 15 is 0 Å². The summed E-state index contributed by atoms with van der Waals surface area (Å²) in [7, 11) is 0. The Balaban J connectivity index is 1.84. The number of hydrogen-bond donors (Lipinski definition) is 2. The molecule has 2 atom stereocenters. The highest BCUT2D eigenvalue weighted by Gasteiger charge is 2.65. The smallest absolute Gasteiger partial charge is 0.434 e. The van der Waals surface area contributed by atoms with Gasteiger partial charge in [-0.25, -0.2) is 4.98 Å². The summed E-state index contributed by atoms with van der Waals surface area (Å²) in [6.07, 6.45) is -4.29. The van der Waals surface area contributed by atoms with E-state index in [9.17, 15) is 22.8 Å². The Morgan fingerprint density at radius 3 is 2.50 bits per heavy atom. The fourth-order valence-corrected chi connectivity index (χ4v) is 3.35.